The smallest absolute Gasteiger partial charge is 0.243 e. The van der Waals surface area contributed by atoms with Crippen LogP contribution in [0.1, 0.15) is 36.7 Å². The average molecular weight is 252 g/mol. The Balaban J connectivity index is 2.14. The number of hydrogen-bond donors (Lipinski definition) is 1. The van der Waals surface area contributed by atoms with Gasteiger partial charge in [-0.3, -0.25) is 0 Å². The third kappa shape index (κ3) is 2.84. The summed E-state index contributed by atoms with van der Waals surface area (Å²) in [4.78, 5) is 4.26. The van der Waals surface area contributed by atoms with Crippen molar-refractivity contribution in [3.05, 3.63) is 46.6 Å². The monoisotopic (exact) mass is 251 g/mol. The normalized spacial score (nSPS) is 12.6. The molecule has 2 N–H and O–H groups in total. The number of nitrogens with zero attached hydrogens (tertiary/aromatic N) is 2. The molecule has 1 aromatic carbocycles. The van der Waals surface area contributed by atoms with Crippen LogP contribution in [0.5, 0.6) is 0 Å². The van der Waals surface area contributed by atoms with Crippen LogP contribution < -0.4 is 5.73 Å². The number of aromatic nitrogens is 2. The molecule has 1 atom stereocenters. The van der Waals surface area contributed by atoms with Crippen LogP contribution in [-0.2, 0) is 6.42 Å². The summed E-state index contributed by atoms with van der Waals surface area (Å²) in [7, 11) is 0. The second-order valence-corrected chi connectivity index (χ2v) is 4.24. The highest BCUT2D eigenvalue weighted by Crippen LogP contribution is 2.18. The number of nitrogens with two attached hydrogens (primary N) is 1. The summed E-state index contributed by atoms with van der Waals surface area (Å²) in [5, 5.41) is 4.60. The van der Waals surface area contributed by atoms with Crippen molar-refractivity contribution in [2.24, 2.45) is 5.73 Å². The Morgan fingerprint density at radius 2 is 2.18 bits per heavy atom. The van der Waals surface area contributed by atoms with E-state index in [2.05, 4.69) is 10.1 Å². The van der Waals surface area contributed by atoms with Gasteiger partial charge in [0.1, 0.15) is 0 Å². The molecule has 2 rings (SSSR count). The van der Waals surface area contributed by atoms with Crippen LogP contribution in [-0.4, -0.2) is 10.1 Å². The number of halogens is 1. The second-order valence-electron chi connectivity index (χ2n) is 3.83. The second kappa shape index (κ2) is 5.29. The van der Waals surface area contributed by atoms with Gasteiger partial charge in [-0.15, -0.1) is 0 Å². The van der Waals surface area contributed by atoms with E-state index in [0.29, 0.717) is 23.2 Å². The zero-order chi connectivity index (χ0) is 12.3. The molecular weight excluding hydrogens is 238 g/mol. The molecule has 0 fully saturated rings. The third-order valence-corrected chi connectivity index (χ3v) is 2.92. The van der Waals surface area contributed by atoms with Crippen LogP contribution in [0.2, 0.25) is 5.02 Å². The Morgan fingerprint density at radius 3 is 2.88 bits per heavy atom. The fraction of sp³-hybridized carbons (Fsp3) is 0.333. The molecule has 0 amide bonds. The van der Waals surface area contributed by atoms with E-state index in [1.54, 1.807) is 0 Å². The van der Waals surface area contributed by atoms with Crippen molar-refractivity contribution in [2.45, 2.75) is 25.8 Å². The lowest BCUT2D eigenvalue weighted by Crippen LogP contribution is -2.08. The fourth-order valence-corrected chi connectivity index (χ4v) is 1.68. The maximum Gasteiger partial charge on any atom is 0.243 e. The van der Waals surface area contributed by atoms with Crippen LogP contribution in [0.3, 0.4) is 0 Å². The molecule has 0 aliphatic rings. The first-order chi connectivity index (χ1) is 8.20. The molecule has 0 saturated heterocycles. The first-order valence-corrected chi connectivity index (χ1v) is 5.90. The summed E-state index contributed by atoms with van der Waals surface area (Å²) in [5.74, 6) is 1.09. The summed E-state index contributed by atoms with van der Waals surface area (Å²) in [6.07, 6.45) is 1.33. The van der Waals surface area contributed by atoms with E-state index >= 15 is 0 Å². The van der Waals surface area contributed by atoms with Gasteiger partial charge < -0.3 is 10.3 Å². The summed E-state index contributed by atoms with van der Waals surface area (Å²) >= 11 is 6.06. The molecule has 17 heavy (non-hydrogen) atoms. The lowest BCUT2D eigenvalue weighted by molar-refractivity contribution is 0.348. The molecule has 1 aromatic heterocycles. The Bertz CT molecular complexity index is 498. The highest BCUT2D eigenvalue weighted by molar-refractivity contribution is 6.31. The highest BCUT2D eigenvalue weighted by Gasteiger charge is 2.13. The summed E-state index contributed by atoms with van der Waals surface area (Å²) in [5.41, 5.74) is 6.79. The molecule has 0 saturated carbocycles. The van der Waals surface area contributed by atoms with E-state index in [1.807, 2.05) is 31.2 Å². The molecule has 4 nitrogen and oxygen atoms in total. The van der Waals surface area contributed by atoms with Gasteiger partial charge >= 0.3 is 0 Å². The summed E-state index contributed by atoms with van der Waals surface area (Å²) in [6, 6.07) is 7.41. The van der Waals surface area contributed by atoms with Crippen molar-refractivity contribution in [2.75, 3.05) is 0 Å². The number of hydrogen-bond acceptors (Lipinski definition) is 4. The maximum absolute atomic E-state index is 6.06. The van der Waals surface area contributed by atoms with E-state index in [0.717, 1.165) is 12.0 Å². The zero-order valence-electron chi connectivity index (χ0n) is 9.56. The van der Waals surface area contributed by atoms with E-state index in [1.165, 1.54) is 0 Å². The molecule has 0 unspecified atom stereocenters. The van der Waals surface area contributed by atoms with Gasteiger partial charge in [0.2, 0.25) is 5.89 Å². The first-order valence-electron chi connectivity index (χ1n) is 5.52. The van der Waals surface area contributed by atoms with Gasteiger partial charge in [-0.1, -0.05) is 41.9 Å². The van der Waals surface area contributed by atoms with Crippen molar-refractivity contribution in [3.63, 3.8) is 0 Å². The lowest BCUT2D eigenvalue weighted by Gasteiger charge is -2.00. The minimum Gasteiger partial charge on any atom is -0.338 e. The van der Waals surface area contributed by atoms with Crippen molar-refractivity contribution in [3.8, 4) is 0 Å². The molecule has 0 bridgehead atoms. The molecule has 90 valence electrons. The number of rotatable bonds is 4. The Labute approximate surface area is 105 Å². The van der Waals surface area contributed by atoms with Crippen molar-refractivity contribution in [1.29, 1.82) is 0 Å². The minimum absolute atomic E-state index is 0.192. The van der Waals surface area contributed by atoms with Gasteiger partial charge in [0, 0.05) is 11.4 Å². The van der Waals surface area contributed by atoms with Gasteiger partial charge in [0.15, 0.2) is 5.82 Å². The largest absolute Gasteiger partial charge is 0.338 e. The molecule has 5 heteroatoms. The van der Waals surface area contributed by atoms with Crippen LogP contribution in [0.25, 0.3) is 0 Å². The Hall–Kier alpha value is -1.39. The SMILES string of the molecule is CC[C@@H](N)c1nc(Cc2ccccc2Cl)no1. The Morgan fingerprint density at radius 1 is 1.41 bits per heavy atom. The Kier molecular flexibility index (Phi) is 3.76. The van der Waals surface area contributed by atoms with Gasteiger partial charge in [-0.25, -0.2) is 0 Å². The lowest BCUT2D eigenvalue weighted by atomic mass is 10.1. The van der Waals surface area contributed by atoms with E-state index < -0.39 is 0 Å². The predicted octanol–water partition coefficient (Wildman–Crippen LogP) is 2.72. The van der Waals surface area contributed by atoms with Gasteiger partial charge in [-0.2, -0.15) is 4.98 Å². The summed E-state index contributed by atoms with van der Waals surface area (Å²) < 4.78 is 5.10. The predicted molar refractivity (Wildman–Crippen MR) is 65.8 cm³/mol. The van der Waals surface area contributed by atoms with Gasteiger partial charge in [0.05, 0.1) is 6.04 Å². The van der Waals surface area contributed by atoms with Crippen LogP contribution in [0, 0.1) is 0 Å². The standard InChI is InChI=1S/C12H14ClN3O/c1-2-10(14)12-15-11(16-17-12)7-8-5-3-4-6-9(8)13/h3-6,10H,2,7,14H2,1H3/t10-/m1/s1. The van der Waals surface area contributed by atoms with Crippen LogP contribution in [0.4, 0.5) is 0 Å². The van der Waals surface area contributed by atoms with Crippen molar-refractivity contribution < 1.29 is 4.52 Å². The molecule has 0 aliphatic carbocycles. The summed E-state index contributed by atoms with van der Waals surface area (Å²) in [6.45, 7) is 1.97. The van der Waals surface area contributed by atoms with Crippen LogP contribution in [0.15, 0.2) is 28.8 Å². The topological polar surface area (TPSA) is 64.9 Å². The molecular formula is C12H14ClN3O. The number of benzene rings is 1. The van der Waals surface area contributed by atoms with Crippen LogP contribution >= 0.6 is 11.6 Å². The van der Waals surface area contributed by atoms with E-state index in [9.17, 15) is 0 Å². The van der Waals surface area contributed by atoms with Crippen molar-refractivity contribution in [1.82, 2.24) is 10.1 Å². The quantitative estimate of drug-likeness (QED) is 0.907. The van der Waals surface area contributed by atoms with Gasteiger partial charge in [0.25, 0.3) is 0 Å². The fourth-order valence-electron chi connectivity index (χ4n) is 1.48. The minimum atomic E-state index is -0.192. The van der Waals surface area contributed by atoms with E-state index in [-0.39, 0.29) is 6.04 Å². The van der Waals surface area contributed by atoms with Gasteiger partial charge in [-0.05, 0) is 18.1 Å². The highest BCUT2D eigenvalue weighted by atomic mass is 35.5. The molecule has 0 aliphatic heterocycles. The third-order valence-electron chi connectivity index (χ3n) is 2.55. The maximum atomic E-state index is 6.06. The van der Waals surface area contributed by atoms with Crippen molar-refractivity contribution >= 4 is 11.6 Å². The first kappa shape index (κ1) is 12.1. The molecule has 2 aromatic rings. The molecule has 0 spiro atoms. The zero-order valence-corrected chi connectivity index (χ0v) is 10.3. The van der Waals surface area contributed by atoms with E-state index in [4.69, 9.17) is 21.9 Å². The average Bonchev–Trinajstić information content (AvgIpc) is 2.80. The molecule has 0 radical (unpaired) electrons. The molecule has 1 heterocycles.